The van der Waals surface area contributed by atoms with Crippen molar-refractivity contribution in [3.63, 3.8) is 0 Å². The van der Waals surface area contributed by atoms with Crippen molar-refractivity contribution in [2.75, 3.05) is 18.5 Å². The van der Waals surface area contributed by atoms with Crippen molar-refractivity contribution >= 4 is 28.5 Å². The normalized spacial score (nSPS) is 12.5. The molecule has 8 nitrogen and oxygen atoms in total. The summed E-state index contributed by atoms with van der Waals surface area (Å²) >= 11 is 0. The Morgan fingerprint density at radius 1 is 0.914 bits per heavy atom. The van der Waals surface area contributed by atoms with Gasteiger partial charge in [-0.2, -0.15) is 0 Å². The number of aliphatic hydroxyl groups excluding tert-OH is 1. The number of aromatic nitrogens is 1. The highest BCUT2D eigenvalue weighted by Gasteiger charge is 2.22. The van der Waals surface area contributed by atoms with Crippen molar-refractivity contribution in [1.29, 1.82) is 0 Å². The Labute approximate surface area is 202 Å². The zero-order valence-electron chi connectivity index (χ0n) is 18.8. The second-order valence-corrected chi connectivity index (χ2v) is 7.97. The number of hydrogen-bond donors (Lipinski definition) is 4. The highest BCUT2D eigenvalue weighted by molar-refractivity contribution is 5.98. The van der Waals surface area contributed by atoms with Gasteiger partial charge in [-0.15, -0.1) is 0 Å². The van der Waals surface area contributed by atoms with E-state index in [0.717, 1.165) is 16.3 Å². The van der Waals surface area contributed by atoms with Gasteiger partial charge in [0.25, 0.3) is 0 Å². The predicted octanol–water partition coefficient (Wildman–Crippen LogP) is 4.34. The molecule has 2 unspecified atom stereocenters. The number of carboxylic acid groups (broad SMARTS) is 1. The second kappa shape index (κ2) is 11.1. The number of nitrogens with zero attached hydrogens (tertiary/aromatic N) is 1. The number of anilines is 1. The average molecular weight is 472 g/mol. The number of hydrogen-bond acceptors (Lipinski definition) is 5. The Hall–Kier alpha value is -4.43. The Balaban J connectivity index is 1.45. The average Bonchev–Trinajstić information content (AvgIpc) is 2.88. The van der Waals surface area contributed by atoms with Crippen molar-refractivity contribution in [3.05, 3.63) is 102 Å². The van der Waals surface area contributed by atoms with Crippen molar-refractivity contribution in [2.24, 2.45) is 0 Å². The zero-order valence-corrected chi connectivity index (χ0v) is 18.8. The third-order valence-electron chi connectivity index (χ3n) is 5.56. The number of ether oxygens (including phenoxy) is 1. The van der Waals surface area contributed by atoms with Crippen LogP contribution in [0.15, 0.2) is 91.3 Å². The van der Waals surface area contributed by atoms with E-state index in [4.69, 9.17) is 9.84 Å². The molecule has 0 spiro atoms. The molecule has 178 valence electrons. The quantitative estimate of drug-likeness (QED) is 0.288. The molecular weight excluding hydrogens is 446 g/mol. The minimum Gasteiger partial charge on any atom is -0.491 e. The summed E-state index contributed by atoms with van der Waals surface area (Å²) in [5.41, 5.74) is 1.98. The maximum absolute atomic E-state index is 13.1. The van der Waals surface area contributed by atoms with Crippen molar-refractivity contribution in [2.45, 2.75) is 12.0 Å². The van der Waals surface area contributed by atoms with E-state index in [2.05, 4.69) is 15.6 Å². The van der Waals surface area contributed by atoms with Gasteiger partial charge in [0.15, 0.2) is 0 Å². The fourth-order valence-corrected chi connectivity index (χ4v) is 3.68. The summed E-state index contributed by atoms with van der Waals surface area (Å²) in [7, 11) is 0. The number of pyridine rings is 1. The Bertz CT molecular complexity index is 1300. The first-order valence-electron chi connectivity index (χ1n) is 11.1. The highest BCUT2D eigenvalue weighted by atomic mass is 16.5. The SMILES string of the molecule is O=C(O)NCC(C(=O)Nc1ccc2cnccc2c1)c1ccc(OCC(O)c2ccccc2)cc1. The van der Waals surface area contributed by atoms with Gasteiger partial charge in [-0.3, -0.25) is 9.78 Å². The molecule has 4 rings (SSSR count). The minimum absolute atomic E-state index is 0.0747. The molecule has 2 amide bonds. The van der Waals surface area contributed by atoms with Gasteiger partial charge in [0.05, 0.1) is 5.92 Å². The maximum Gasteiger partial charge on any atom is 0.404 e. The summed E-state index contributed by atoms with van der Waals surface area (Å²) in [5.74, 6) is -0.583. The lowest BCUT2D eigenvalue weighted by Gasteiger charge is -2.18. The van der Waals surface area contributed by atoms with E-state index in [1.54, 1.807) is 42.7 Å². The number of carbonyl (C=O) groups excluding carboxylic acids is 1. The highest BCUT2D eigenvalue weighted by Crippen LogP contribution is 2.24. The van der Waals surface area contributed by atoms with E-state index in [-0.39, 0.29) is 19.1 Å². The van der Waals surface area contributed by atoms with Crippen molar-refractivity contribution in [1.82, 2.24) is 10.3 Å². The molecular formula is C27H25N3O5. The molecule has 4 N–H and O–H groups in total. The van der Waals surface area contributed by atoms with Crippen LogP contribution < -0.4 is 15.4 Å². The lowest BCUT2D eigenvalue weighted by Crippen LogP contribution is -2.33. The van der Waals surface area contributed by atoms with Crippen LogP contribution in [-0.2, 0) is 4.79 Å². The Kier molecular flexibility index (Phi) is 7.54. The van der Waals surface area contributed by atoms with Crippen molar-refractivity contribution in [3.8, 4) is 5.75 Å². The smallest absolute Gasteiger partial charge is 0.404 e. The summed E-state index contributed by atoms with van der Waals surface area (Å²) in [6, 6.07) is 23.3. The van der Waals surface area contributed by atoms with Gasteiger partial charge < -0.3 is 25.6 Å². The third-order valence-corrected chi connectivity index (χ3v) is 5.56. The molecule has 0 saturated carbocycles. The van der Waals surface area contributed by atoms with E-state index in [1.165, 1.54) is 0 Å². The minimum atomic E-state index is -1.21. The molecule has 0 saturated heterocycles. The summed E-state index contributed by atoms with van der Waals surface area (Å²) in [4.78, 5) is 28.3. The largest absolute Gasteiger partial charge is 0.491 e. The predicted molar refractivity (Wildman–Crippen MR) is 132 cm³/mol. The van der Waals surface area contributed by atoms with E-state index in [9.17, 15) is 14.7 Å². The van der Waals surface area contributed by atoms with E-state index in [1.807, 2.05) is 48.5 Å². The van der Waals surface area contributed by atoms with Crippen LogP contribution in [0.4, 0.5) is 10.5 Å². The van der Waals surface area contributed by atoms with E-state index in [0.29, 0.717) is 17.0 Å². The number of amides is 2. The molecule has 0 bridgehead atoms. The van der Waals surface area contributed by atoms with Gasteiger partial charge >= 0.3 is 6.09 Å². The van der Waals surface area contributed by atoms with E-state index < -0.39 is 18.1 Å². The number of fused-ring (bicyclic) bond motifs is 1. The molecule has 0 aliphatic heterocycles. The van der Waals surface area contributed by atoms with Gasteiger partial charge in [-0.05, 0) is 46.8 Å². The molecule has 1 aromatic heterocycles. The van der Waals surface area contributed by atoms with E-state index >= 15 is 0 Å². The molecule has 0 aliphatic carbocycles. The summed E-state index contributed by atoms with van der Waals surface area (Å²) in [6.45, 7) is -0.0169. The summed E-state index contributed by atoms with van der Waals surface area (Å²) in [5, 5.41) is 26.4. The molecule has 4 aromatic rings. The van der Waals surface area contributed by atoms with Gasteiger partial charge in [0.2, 0.25) is 5.91 Å². The molecule has 2 atom stereocenters. The summed E-state index contributed by atoms with van der Waals surface area (Å²) in [6.07, 6.45) is 1.43. The molecule has 3 aromatic carbocycles. The first-order valence-corrected chi connectivity index (χ1v) is 11.1. The van der Waals surface area contributed by atoms with Crippen LogP contribution in [0.1, 0.15) is 23.1 Å². The van der Waals surface area contributed by atoms with Crippen LogP contribution >= 0.6 is 0 Å². The maximum atomic E-state index is 13.1. The fourth-order valence-electron chi connectivity index (χ4n) is 3.68. The first-order chi connectivity index (χ1) is 17.0. The summed E-state index contributed by atoms with van der Waals surface area (Å²) < 4.78 is 5.69. The van der Waals surface area contributed by atoms with Crippen LogP contribution in [0, 0.1) is 0 Å². The number of carbonyl (C=O) groups is 2. The van der Waals surface area contributed by atoms with Gasteiger partial charge in [-0.25, -0.2) is 4.79 Å². The molecule has 8 heteroatoms. The van der Waals surface area contributed by atoms with Crippen molar-refractivity contribution < 1.29 is 24.5 Å². The fraction of sp³-hybridized carbons (Fsp3) is 0.148. The monoisotopic (exact) mass is 471 g/mol. The number of benzene rings is 3. The van der Waals surface area contributed by atoms with Crippen LogP contribution in [0.3, 0.4) is 0 Å². The lowest BCUT2D eigenvalue weighted by atomic mass is 9.97. The van der Waals surface area contributed by atoms with Crippen LogP contribution in [0.2, 0.25) is 0 Å². The molecule has 1 heterocycles. The first kappa shape index (κ1) is 23.7. The molecule has 0 aliphatic rings. The van der Waals surface area contributed by atoms with Crippen LogP contribution in [0.5, 0.6) is 5.75 Å². The van der Waals surface area contributed by atoms with Crippen LogP contribution in [-0.4, -0.2) is 40.3 Å². The molecule has 35 heavy (non-hydrogen) atoms. The zero-order chi connectivity index (χ0) is 24.6. The topological polar surface area (TPSA) is 121 Å². The Morgan fingerprint density at radius 2 is 1.69 bits per heavy atom. The van der Waals surface area contributed by atoms with Gasteiger partial charge in [-0.1, -0.05) is 48.5 Å². The number of rotatable bonds is 9. The van der Waals surface area contributed by atoms with Crippen LogP contribution in [0.25, 0.3) is 10.8 Å². The third kappa shape index (κ3) is 6.33. The lowest BCUT2D eigenvalue weighted by molar-refractivity contribution is -0.117. The number of nitrogens with one attached hydrogen (secondary N) is 2. The van der Waals surface area contributed by atoms with Gasteiger partial charge in [0.1, 0.15) is 18.5 Å². The number of aliphatic hydroxyl groups is 1. The second-order valence-electron chi connectivity index (χ2n) is 7.97. The van der Waals surface area contributed by atoms with Gasteiger partial charge in [0, 0.05) is 30.0 Å². The standard InChI is InChI=1S/C27H25N3O5/c31-25(19-4-2-1-3-5-19)17-35-23-10-7-18(8-11-23)24(16-29-27(33)34)26(32)30-22-9-6-21-15-28-13-12-20(21)14-22/h1-15,24-25,29,31H,16-17H2,(H,30,32)(H,33,34). The Morgan fingerprint density at radius 3 is 2.43 bits per heavy atom. The molecule has 0 fully saturated rings. The molecule has 0 radical (unpaired) electrons.